The van der Waals surface area contributed by atoms with Crippen molar-refractivity contribution in [2.45, 2.75) is 12.1 Å². The average molecular weight is 451 g/mol. The Hall–Kier alpha value is -4.07. The third kappa shape index (κ3) is 3.95. The van der Waals surface area contributed by atoms with E-state index in [0.29, 0.717) is 34.4 Å². The number of methoxy groups -OCH3 is 4. The first-order chi connectivity index (χ1) is 16.0. The predicted octanol–water partition coefficient (Wildman–Crippen LogP) is 3.96. The van der Waals surface area contributed by atoms with Gasteiger partial charge in [0.1, 0.15) is 11.8 Å². The van der Waals surface area contributed by atoms with Crippen LogP contribution in [0.2, 0.25) is 0 Å². The van der Waals surface area contributed by atoms with Crippen molar-refractivity contribution < 1.29 is 33.6 Å². The fourth-order valence-electron chi connectivity index (χ4n) is 3.92. The van der Waals surface area contributed by atoms with Crippen LogP contribution in [0.5, 0.6) is 34.5 Å². The van der Waals surface area contributed by atoms with E-state index in [1.54, 1.807) is 41.3 Å². The number of benzene rings is 3. The maximum atomic E-state index is 13.3. The molecule has 0 radical (unpaired) electrons. The van der Waals surface area contributed by atoms with Crippen LogP contribution in [0.1, 0.15) is 11.6 Å². The topological polar surface area (TPSA) is 86.7 Å². The van der Waals surface area contributed by atoms with Crippen molar-refractivity contribution in [2.24, 2.45) is 0 Å². The minimum atomic E-state index is -0.777. The number of anilines is 1. The van der Waals surface area contributed by atoms with Gasteiger partial charge in [0.2, 0.25) is 11.9 Å². The van der Waals surface area contributed by atoms with Gasteiger partial charge in [-0.3, -0.25) is 9.69 Å². The van der Waals surface area contributed by atoms with Crippen LogP contribution in [0.25, 0.3) is 0 Å². The normalized spacial score (nSPS) is 17.2. The Bertz CT molecular complexity index is 1120. The lowest BCUT2D eigenvalue weighted by Crippen LogP contribution is -2.61. The fraction of sp³-hybridized carbons (Fsp3) is 0.240. The molecule has 0 saturated carbocycles. The fourth-order valence-corrected chi connectivity index (χ4v) is 3.92. The number of nitrogens with zero attached hydrogens (tertiary/aromatic N) is 1. The Morgan fingerprint density at radius 3 is 2.00 bits per heavy atom. The standard InChI is InChI=1S/C25H25NO7/c1-29-19-12-15(10-11-18(19)27)22-24(33-17-8-6-5-7-9-17)25(28)26(22)16-13-20(30-2)23(32-4)21(14-16)31-3/h5-14,22,24,27H,1-4H3/t22-,24+/m1/s1. The van der Waals surface area contributed by atoms with Crippen LogP contribution in [0.3, 0.4) is 0 Å². The molecule has 8 nitrogen and oxygen atoms in total. The molecule has 8 heteroatoms. The van der Waals surface area contributed by atoms with Crippen molar-refractivity contribution in [1.29, 1.82) is 0 Å². The number of hydrogen-bond donors (Lipinski definition) is 1. The molecule has 4 rings (SSSR count). The first-order valence-corrected chi connectivity index (χ1v) is 10.2. The van der Waals surface area contributed by atoms with Crippen molar-refractivity contribution in [1.82, 2.24) is 0 Å². The van der Waals surface area contributed by atoms with Gasteiger partial charge in [-0.15, -0.1) is 0 Å². The highest BCUT2D eigenvalue weighted by atomic mass is 16.5. The van der Waals surface area contributed by atoms with Crippen molar-refractivity contribution in [3.63, 3.8) is 0 Å². The number of phenols is 1. The van der Waals surface area contributed by atoms with Crippen molar-refractivity contribution >= 4 is 11.6 Å². The van der Waals surface area contributed by atoms with Crippen molar-refractivity contribution in [3.8, 4) is 34.5 Å². The van der Waals surface area contributed by atoms with Crippen LogP contribution >= 0.6 is 0 Å². The first kappa shape index (κ1) is 22.1. The summed E-state index contributed by atoms with van der Waals surface area (Å²) in [6.07, 6.45) is -0.777. The van der Waals surface area contributed by atoms with E-state index in [1.807, 2.05) is 18.2 Å². The second-order valence-electron chi connectivity index (χ2n) is 7.32. The second-order valence-corrected chi connectivity index (χ2v) is 7.32. The largest absolute Gasteiger partial charge is 0.504 e. The van der Waals surface area contributed by atoms with Gasteiger partial charge >= 0.3 is 0 Å². The zero-order chi connectivity index (χ0) is 23.5. The predicted molar refractivity (Wildman–Crippen MR) is 122 cm³/mol. The molecular formula is C25H25NO7. The molecule has 1 amide bonds. The third-order valence-electron chi connectivity index (χ3n) is 5.52. The SMILES string of the molecule is COc1cc([C@@H]2[C@H](Oc3ccccc3)C(=O)N2c2cc(OC)c(OC)c(OC)c2)ccc1O. The Balaban J connectivity index is 1.79. The molecule has 0 aliphatic carbocycles. The molecule has 1 aliphatic heterocycles. The van der Waals surface area contributed by atoms with Crippen LogP contribution in [0, 0.1) is 0 Å². The summed E-state index contributed by atoms with van der Waals surface area (Å²) in [6, 6.07) is 17.0. The number of carbonyl (C=O) groups excluding carboxylic acids is 1. The smallest absolute Gasteiger partial charge is 0.271 e. The van der Waals surface area contributed by atoms with E-state index in [2.05, 4.69) is 0 Å². The monoisotopic (exact) mass is 451 g/mol. The lowest BCUT2D eigenvalue weighted by molar-refractivity contribution is -0.135. The number of amides is 1. The Morgan fingerprint density at radius 1 is 0.788 bits per heavy atom. The van der Waals surface area contributed by atoms with Crippen molar-refractivity contribution in [2.75, 3.05) is 33.3 Å². The van der Waals surface area contributed by atoms with E-state index in [1.165, 1.54) is 34.5 Å². The molecule has 0 unspecified atom stereocenters. The average Bonchev–Trinajstić information content (AvgIpc) is 2.85. The Labute approximate surface area is 191 Å². The van der Waals surface area contributed by atoms with Crippen LogP contribution in [0.4, 0.5) is 5.69 Å². The zero-order valence-corrected chi connectivity index (χ0v) is 18.8. The van der Waals surface area contributed by atoms with E-state index in [-0.39, 0.29) is 11.7 Å². The van der Waals surface area contributed by atoms with Crippen molar-refractivity contribution in [3.05, 3.63) is 66.2 Å². The van der Waals surface area contributed by atoms with Crippen LogP contribution < -0.4 is 28.6 Å². The third-order valence-corrected chi connectivity index (χ3v) is 5.52. The summed E-state index contributed by atoms with van der Waals surface area (Å²) in [7, 11) is 6.02. The Morgan fingerprint density at radius 2 is 1.42 bits per heavy atom. The minimum Gasteiger partial charge on any atom is -0.504 e. The maximum absolute atomic E-state index is 13.3. The van der Waals surface area contributed by atoms with E-state index in [4.69, 9.17) is 23.7 Å². The van der Waals surface area contributed by atoms with Crippen LogP contribution in [-0.2, 0) is 4.79 Å². The highest BCUT2D eigenvalue weighted by Crippen LogP contribution is 2.48. The summed E-state index contributed by atoms with van der Waals surface area (Å²) < 4.78 is 27.7. The molecule has 3 aromatic rings. The molecule has 33 heavy (non-hydrogen) atoms. The molecule has 3 aromatic carbocycles. The van der Waals surface area contributed by atoms with Gasteiger partial charge in [0, 0.05) is 12.1 Å². The highest BCUT2D eigenvalue weighted by molar-refractivity contribution is 6.05. The van der Waals surface area contributed by atoms with Crippen LogP contribution in [0.15, 0.2) is 60.7 Å². The second kappa shape index (κ2) is 9.20. The van der Waals surface area contributed by atoms with Crippen LogP contribution in [-0.4, -0.2) is 45.6 Å². The van der Waals surface area contributed by atoms with Gasteiger partial charge < -0.3 is 28.8 Å². The number of phenolic OH excluding ortho intramolecular Hbond substituents is 1. The summed E-state index contributed by atoms with van der Waals surface area (Å²) in [6.45, 7) is 0. The molecule has 0 aromatic heterocycles. The number of carbonyl (C=O) groups is 1. The van der Waals surface area contributed by atoms with Gasteiger partial charge in [-0.25, -0.2) is 0 Å². The maximum Gasteiger partial charge on any atom is 0.271 e. The molecule has 1 N–H and O–H groups in total. The van der Waals surface area contributed by atoms with Gasteiger partial charge in [0.05, 0.1) is 34.1 Å². The lowest BCUT2D eigenvalue weighted by atomic mass is 9.89. The minimum absolute atomic E-state index is 0.00626. The van der Waals surface area contributed by atoms with Gasteiger partial charge in [-0.05, 0) is 29.8 Å². The van der Waals surface area contributed by atoms with E-state index >= 15 is 0 Å². The number of aromatic hydroxyl groups is 1. The summed E-state index contributed by atoms with van der Waals surface area (Å²) in [5, 5.41) is 10.1. The van der Waals surface area contributed by atoms with Gasteiger partial charge in [0.25, 0.3) is 5.91 Å². The highest BCUT2D eigenvalue weighted by Gasteiger charge is 2.51. The van der Waals surface area contributed by atoms with Gasteiger partial charge in [0.15, 0.2) is 23.0 Å². The quantitative estimate of drug-likeness (QED) is 0.519. The zero-order valence-electron chi connectivity index (χ0n) is 18.8. The van der Waals surface area contributed by atoms with E-state index in [9.17, 15) is 9.90 Å². The summed E-state index contributed by atoms with van der Waals surface area (Å²) in [5.41, 5.74) is 1.29. The number of hydrogen-bond acceptors (Lipinski definition) is 7. The molecule has 1 heterocycles. The number of β-lactam (4-membered cyclic amide) rings is 1. The number of rotatable bonds is 8. The summed E-state index contributed by atoms with van der Waals surface area (Å²) in [5.74, 6) is 1.93. The molecule has 1 fully saturated rings. The molecule has 0 spiro atoms. The van der Waals surface area contributed by atoms with E-state index in [0.717, 1.165) is 5.56 Å². The molecular weight excluding hydrogens is 426 g/mol. The summed E-state index contributed by atoms with van der Waals surface area (Å²) in [4.78, 5) is 14.9. The van der Waals surface area contributed by atoms with E-state index < -0.39 is 12.1 Å². The summed E-state index contributed by atoms with van der Waals surface area (Å²) >= 11 is 0. The molecule has 1 saturated heterocycles. The first-order valence-electron chi connectivity index (χ1n) is 10.2. The molecule has 2 atom stereocenters. The van der Waals surface area contributed by atoms with Gasteiger partial charge in [-0.1, -0.05) is 24.3 Å². The number of ether oxygens (including phenoxy) is 5. The lowest BCUT2D eigenvalue weighted by Gasteiger charge is -2.46. The molecule has 172 valence electrons. The van der Waals surface area contributed by atoms with Gasteiger partial charge in [-0.2, -0.15) is 0 Å². The number of para-hydroxylation sites is 1. The molecule has 1 aliphatic rings. The molecule has 0 bridgehead atoms. The Kier molecular flexibility index (Phi) is 6.17.